The van der Waals surface area contributed by atoms with Gasteiger partial charge in [0, 0.05) is 17.5 Å². The van der Waals surface area contributed by atoms with Gasteiger partial charge in [0.15, 0.2) is 4.34 Å². The van der Waals surface area contributed by atoms with Crippen LogP contribution in [0.4, 0.5) is 0 Å². The number of amides is 2. The number of likely N-dealkylation sites (tertiary alicyclic amines) is 1. The Bertz CT molecular complexity index is 758. The summed E-state index contributed by atoms with van der Waals surface area (Å²) in [5.41, 5.74) is 8.64. The van der Waals surface area contributed by atoms with E-state index in [9.17, 15) is 9.59 Å². The molecule has 1 aliphatic heterocycles. The number of rotatable bonds is 5. The van der Waals surface area contributed by atoms with Gasteiger partial charge in [-0.1, -0.05) is 41.6 Å². The summed E-state index contributed by atoms with van der Waals surface area (Å²) in [6, 6.07) is 7.77. The number of thiazole rings is 1. The van der Waals surface area contributed by atoms with Crippen molar-refractivity contribution in [2.45, 2.75) is 36.6 Å². The van der Waals surface area contributed by atoms with E-state index in [-0.39, 0.29) is 11.7 Å². The van der Waals surface area contributed by atoms with Crippen LogP contribution in [0, 0.1) is 6.92 Å². The van der Waals surface area contributed by atoms with Gasteiger partial charge in [0.05, 0.1) is 11.4 Å². The number of thioether (sulfide) groups is 1. The number of benzene rings is 1. The molecule has 3 rings (SSSR count). The molecule has 0 spiro atoms. The third-order valence-corrected chi connectivity index (χ3v) is 6.31. The van der Waals surface area contributed by atoms with Crippen LogP contribution in [-0.4, -0.2) is 40.0 Å². The highest BCUT2D eigenvalue weighted by molar-refractivity contribution is 8.01. The molecule has 2 aromatic rings. The van der Waals surface area contributed by atoms with Crippen LogP contribution in [0.15, 0.2) is 34.0 Å². The van der Waals surface area contributed by atoms with E-state index in [4.69, 9.17) is 5.73 Å². The molecule has 1 fully saturated rings. The summed E-state index contributed by atoms with van der Waals surface area (Å²) in [5.74, 6) is -0.167. The van der Waals surface area contributed by atoms with E-state index in [1.54, 1.807) is 4.90 Å². The maximum Gasteiger partial charge on any atom is 0.240 e. The molecule has 1 saturated heterocycles. The van der Waals surface area contributed by atoms with Crippen molar-refractivity contribution in [1.82, 2.24) is 9.88 Å². The van der Waals surface area contributed by atoms with E-state index in [1.807, 2.05) is 5.38 Å². The van der Waals surface area contributed by atoms with Crippen molar-refractivity contribution in [2.75, 3.05) is 12.3 Å². The van der Waals surface area contributed by atoms with Gasteiger partial charge in [-0.2, -0.15) is 0 Å². The van der Waals surface area contributed by atoms with Crippen molar-refractivity contribution < 1.29 is 9.59 Å². The van der Waals surface area contributed by atoms with E-state index in [1.165, 1.54) is 28.7 Å². The summed E-state index contributed by atoms with van der Waals surface area (Å²) in [7, 11) is 0. The molecule has 5 nitrogen and oxygen atoms in total. The van der Waals surface area contributed by atoms with Crippen LogP contribution >= 0.6 is 23.1 Å². The van der Waals surface area contributed by atoms with Crippen LogP contribution in [0.3, 0.4) is 0 Å². The average Bonchev–Trinajstić information content (AvgIpc) is 3.09. The summed E-state index contributed by atoms with van der Waals surface area (Å²) in [6.07, 6.45) is 2.53. The van der Waals surface area contributed by atoms with Gasteiger partial charge in [0.25, 0.3) is 0 Å². The minimum atomic E-state index is -0.457. The number of aromatic nitrogens is 1. The van der Waals surface area contributed by atoms with Crippen molar-refractivity contribution in [1.29, 1.82) is 0 Å². The molecule has 2 amide bonds. The zero-order valence-corrected chi connectivity index (χ0v) is 15.7. The van der Waals surface area contributed by atoms with Crippen LogP contribution < -0.4 is 5.73 Å². The van der Waals surface area contributed by atoms with Crippen LogP contribution in [-0.2, 0) is 9.59 Å². The van der Waals surface area contributed by atoms with E-state index in [2.05, 4.69) is 36.2 Å². The molecule has 25 heavy (non-hydrogen) atoms. The highest BCUT2D eigenvalue weighted by atomic mass is 32.2. The van der Waals surface area contributed by atoms with Crippen LogP contribution in [0.2, 0.25) is 0 Å². The number of nitrogens with two attached hydrogens (primary N) is 1. The molecule has 0 saturated carbocycles. The molecular weight excluding hydrogens is 354 g/mol. The Morgan fingerprint density at radius 1 is 1.32 bits per heavy atom. The van der Waals surface area contributed by atoms with Crippen molar-refractivity contribution in [3.63, 3.8) is 0 Å². The lowest BCUT2D eigenvalue weighted by Crippen LogP contribution is -2.51. The maximum absolute atomic E-state index is 12.5. The van der Waals surface area contributed by atoms with Crippen molar-refractivity contribution in [2.24, 2.45) is 5.73 Å². The number of carbonyl (C=O) groups excluding carboxylic acids is 2. The Morgan fingerprint density at radius 2 is 2.08 bits per heavy atom. The lowest BCUT2D eigenvalue weighted by Gasteiger charge is -2.33. The Hall–Kier alpha value is -1.86. The third-order valence-electron chi connectivity index (χ3n) is 4.30. The fourth-order valence-corrected chi connectivity index (χ4v) is 4.63. The standard InChI is InChI=1S/C18H21N3O2S2/c1-12-5-7-13(8-6-12)14-10-24-18(20-14)25-11-16(22)21-9-3-2-4-15(21)17(19)23/h5-8,10,15H,2-4,9,11H2,1H3,(H2,19,23)/t15-/m0/s1. The second-order valence-electron chi connectivity index (χ2n) is 6.15. The van der Waals surface area contributed by atoms with Crippen LogP contribution in [0.1, 0.15) is 24.8 Å². The number of aryl methyl sites for hydroxylation is 1. The van der Waals surface area contributed by atoms with Gasteiger partial charge in [-0.15, -0.1) is 11.3 Å². The van der Waals surface area contributed by atoms with E-state index in [0.29, 0.717) is 13.0 Å². The predicted octanol–water partition coefficient (Wildman–Crippen LogP) is 3.08. The predicted molar refractivity (Wildman–Crippen MR) is 102 cm³/mol. The monoisotopic (exact) mass is 375 g/mol. The van der Waals surface area contributed by atoms with Gasteiger partial charge in [0.2, 0.25) is 11.8 Å². The largest absolute Gasteiger partial charge is 0.368 e. The fraction of sp³-hybridized carbons (Fsp3) is 0.389. The SMILES string of the molecule is Cc1ccc(-c2csc(SCC(=O)N3CCCC[C@H]3C(N)=O)n2)cc1. The number of hydrogen-bond acceptors (Lipinski definition) is 5. The first-order valence-corrected chi connectivity index (χ1v) is 10.2. The number of hydrogen-bond donors (Lipinski definition) is 1. The Morgan fingerprint density at radius 3 is 2.80 bits per heavy atom. The number of nitrogens with zero attached hydrogens (tertiary/aromatic N) is 2. The molecule has 2 N–H and O–H groups in total. The van der Waals surface area contributed by atoms with Gasteiger partial charge in [-0.05, 0) is 26.2 Å². The topological polar surface area (TPSA) is 76.3 Å². The minimum absolute atomic E-state index is 0.0411. The molecule has 1 aromatic carbocycles. The second kappa shape index (κ2) is 8.01. The number of piperidine rings is 1. The zero-order valence-electron chi connectivity index (χ0n) is 14.1. The van der Waals surface area contributed by atoms with Gasteiger partial charge < -0.3 is 10.6 Å². The lowest BCUT2D eigenvalue weighted by molar-refractivity contribution is -0.138. The molecule has 7 heteroatoms. The van der Waals surface area contributed by atoms with Crippen LogP contribution in [0.5, 0.6) is 0 Å². The first-order valence-electron chi connectivity index (χ1n) is 8.29. The molecular formula is C18H21N3O2S2. The smallest absolute Gasteiger partial charge is 0.240 e. The zero-order chi connectivity index (χ0) is 17.8. The molecule has 1 atom stereocenters. The first kappa shape index (κ1) is 17.9. The highest BCUT2D eigenvalue weighted by Crippen LogP contribution is 2.29. The Balaban J connectivity index is 1.61. The van der Waals surface area contributed by atoms with Gasteiger partial charge in [-0.25, -0.2) is 4.98 Å². The molecule has 2 heterocycles. The Labute approximate surface area is 155 Å². The summed E-state index contributed by atoms with van der Waals surface area (Å²) < 4.78 is 0.858. The van der Waals surface area contributed by atoms with Gasteiger partial charge >= 0.3 is 0 Å². The van der Waals surface area contributed by atoms with E-state index >= 15 is 0 Å². The van der Waals surface area contributed by atoms with Crippen molar-refractivity contribution in [3.05, 3.63) is 35.2 Å². The first-order chi connectivity index (χ1) is 12.0. The molecule has 0 aliphatic carbocycles. The molecule has 0 radical (unpaired) electrons. The van der Waals surface area contributed by atoms with Crippen molar-refractivity contribution >= 4 is 34.9 Å². The molecule has 0 bridgehead atoms. The normalized spacial score (nSPS) is 17.5. The number of primary amides is 1. The van der Waals surface area contributed by atoms with Crippen molar-refractivity contribution in [3.8, 4) is 11.3 Å². The summed E-state index contributed by atoms with van der Waals surface area (Å²) in [5, 5.41) is 2.00. The summed E-state index contributed by atoms with van der Waals surface area (Å²) in [6.45, 7) is 2.66. The quantitative estimate of drug-likeness (QED) is 0.815. The van der Waals surface area contributed by atoms with Gasteiger partial charge in [0.1, 0.15) is 6.04 Å². The van der Waals surface area contributed by atoms with Crippen LogP contribution in [0.25, 0.3) is 11.3 Å². The third kappa shape index (κ3) is 4.41. The number of carbonyl (C=O) groups is 2. The maximum atomic E-state index is 12.5. The minimum Gasteiger partial charge on any atom is -0.368 e. The summed E-state index contributed by atoms with van der Waals surface area (Å²) in [4.78, 5) is 30.2. The van der Waals surface area contributed by atoms with E-state index in [0.717, 1.165) is 28.4 Å². The lowest BCUT2D eigenvalue weighted by atomic mass is 10.0. The average molecular weight is 376 g/mol. The fourth-order valence-electron chi connectivity index (χ4n) is 2.91. The highest BCUT2D eigenvalue weighted by Gasteiger charge is 2.30. The molecule has 132 valence electrons. The summed E-state index contributed by atoms with van der Waals surface area (Å²) >= 11 is 2.95. The van der Waals surface area contributed by atoms with E-state index < -0.39 is 11.9 Å². The Kier molecular flexibility index (Phi) is 5.75. The second-order valence-corrected chi connectivity index (χ2v) is 8.24. The molecule has 0 unspecified atom stereocenters. The van der Waals surface area contributed by atoms with Gasteiger partial charge in [-0.3, -0.25) is 9.59 Å². The molecule has 1 aliphatic rings. The molecule has 1 aromatic heterocycles.